The molecule has 0 aliphatic rings. The summed E-state index contributed by atoms with van der Waals surface area (Å²) in [6.07, 6.45) is 0. The second-order valence-electron chi connectivity index (χ2n) is 5.42. The van der Waals surface area contributed by atoms with Crippen molar-refractivity contribution in [2.45, 2.75) is 11.8 Å². The fraction of sp³-hybridized carbons (Fsp3) is 0.118. The SMILES string of the molecule is CC(=O)Nc1ccccc1C(=O)OCC(=O)Nc1ccc(S(N)(=O)=O)cc1. The van der Waals surface area contributed by atoms with Crippen molar-refractivity contribution in [3.63, 3.8) is 0 Å². The molecule has 2 aromatic rings. The van der Waals surface area contributed by atoms with Crippen molar-refractivity contribution in [2.24, 2.45) is 5.14 Å². The van der Waals surface area contributed by atoms with Crippen molar-refractivity contribution in [1.82, 2.24) is 0 Å². The number of carbonyl (C=O) groups is 3. The maximum Gasteiger partial charge on any atom is 0.340 e. The number of anilines is 2. The second-order valence-corrected chi connectivity index (χ2v) is 6.98. The van der Waals surface area contributed by atoms with Crippen LogP contribution in [-0.2, 0) is 24.3 Å². The molecule has 10 heteroatoms. The molecule has 0 aliphatic heterocycles. The molecule has 0 fully saturated rings. The van der Waals surface area contributed by atoms with Crippen LogP contribution in [0, 0.1) is 0 Å². The molecule has 0 aliphatic carbocycles. The van der Waals surface area contributed by atoms with Gasteiger partial charge in [-0.15, -0.1) is 0 Å². The van der Waals surface area contributed by atoms with Gasteiger partial charge in [-0.25, -0.2) is 18.4 Å². The van der Waals surface area contributed by atoms with Gasteiger partial charge in [0, 0.05) is 12.6 Å². The molecule has 0 aromatic heterocycles. The minimum Gasteiger partial charge on any atom is -0.452 e. The van der Waals surface area contributed by atoms with Gasteiger partial charge in [0.2, 0.25) is 15.9 Å². The lowest BCUT2D eigenvalue weighted by molar-refractivity contribution is -0.119. The van der Waals surface area contributed by atoms with Crippen LogP contribution in [0.1, 0.15) is 17.3 Å². The lowest BCUT2D eigenvalue weighted by Crippen LogP contribution is -2.21. The van der Waals surface area contributed by atoms with Crippen molar-refractivity contribution in [1.29, 1.82) is 0 Å². The largest absolute Gasteiger partial charge is 0.452 e. The molecule has 0 unspecified atom stereocenters. The average molecular weight is 391 g/mol. The lowest BCUT2D eigenvalue weighted by Gasteiger charge is -2.10. The number of hydrogen-bond donors (Lipinski definition) is 3. The van der Waals surface area contributed by atoms with Gasteiger partial charge in [-0.2, -0.15) is 0 Å². The van der Waals surface area contributed by atoms with Crippen molar-refractivity contribution >= 4 is 39.2 Å². The van der Waals surface area contributed by atoms with E-state index in [4.69, 9.17) is 9.88 Å². The number of carbonyl (C=O) groups excluding carboxylic acids is 3. The van der Waals surface area contributed by atoms with Crippen LogP contribution in [-0.4, -0.2) is 32.8 Å². The molecule has 0 bridgehead atoms. The molecule has 0 spiro atoms. The van der Waals surface area contributed by atoms with E-state index >= 15 is 0 Å². The van der Waals surface area contributed by atoms with E-state index in [1.54, 1.807) is 12.1 Å². The molecule has 0 atom stereocenters. The second kappa shape index (κ2) is 8.43. The third-order valence-electron chi connectivity index (χ3n) is 3.26. The molecular weight excluding hydrogens is 374 g/mol. The Balaban J connectivity index is 1.96. The number of primary sulfonamides is 1. The topological polar surface area (TPSA) is 145 Å². The van der Waals surface area contributed by atoms with Crippen molar-refractivity contribution in [2.75, 3.05) is 17.2 Å². The molecule has 4 N–H and O–H groups in total. The first-order chi connectivity index (χ1) is 12.7. The molecule has 0 radical (unpaired) electrons. The molecule has 0 heterocycles. The Morgan fingerprint density at radius 2 is 1.63 bits per heavy atom. The highest BCUT2D eigenvalue weighted by Crippen LogP contribution is 2.16. The molecule has 0 saturated heterocycles. The van der Waals surface area contributed by atoms with E-state index < -0.39 is 28.5 Å². The van der Waals surface area contributed by atoms with Crippen LogP contribution in [0.5, 0.6) is 0 Å². The zero-order valence-electron chi connectivity index (χ0n) is 14.3. The maximum atomic E-state index is 12.1. The molecular formula is C17H17N3O6S. The number of para-hydroxylation sites is 1. The maximum absolute atomic E-state index is 12.1. The highest BCUT2D eigenvalue weighted by atomic mass is 32.2. The summed E-state index contributed by atoms with van der Waals surface area (Å²) in [4.78, 5) is 35.1. The lowest BCUT2D eigenvalue weighted by atomic mass is 10.2. The summed E-state index contributed by atoms with van der Waals surface area (Å²) in [7, 11) is -3.82. The van der Waals surface area contributed by atoms with Crippen LogP contribution in [0.2, 0.25) is 0 Å². The normalized spacial score (nSPS) is 10.7. The van der Waals surface area contributed by atoms with Crippen LogP contribution in [0.3, 0.4) is 0 Å². The van der Waals surface area contributed by atoms with E-state index in [0.717, 1.165) is 0 Å². The monoisotopic (exact) mass is 391 g/mol. The molecule has 9 nitrogen and oxygen atoms in total. The molecule has 2 amide bonds. The van der Waals surface area contributed by atoms with Crippen LogP contribution in [0.25, 0.3) is 0 Å². The van der Waals surface area contributed by atoms with Crippen LogP contribution in [0.4, 0.5) is 11.4 Å². The van der Waals surface area contributed by atoms with Gasteiger partial charge >= 0.3 is 5.97 Å². The van der Waals surface area contributed by atoms with Gasteiger partial charge in [0.1, 0.15) is 0 Å². The summed E-state index contributed by atoms with van der Waals surface area (Å²) in [6, 6.07) is 11.4. The number of hydrogen-bond acceptors (Lipinski definition) is 6. The van der Waals surface area contributed by atoms with Gasteiger partial charge in [0.25, 0.3) is 5.91 Å². The summed E-state index contributed by atoms with van der Waals surface area (Å²) in [5.74, 6) is -1.75. The number of ether oxygens (including phenoxy) is 1. The number of amides is 2. The smallest absolute Gasteiger partial charge is 0.340 e. The average Bonchev–Trinajstić information content (AvgIpc) is 2.59. The number of nitrogens with two attached hydrogens (primary N) is 1. The Hall–Kier alpha value is -3.24. The summed E-state index contributed by atoms with van der Waals surface area (Å²) in [6.45, 7) is 0.737. The number of nitrogens with one attached hydrogen (secondary N) is 2. The third-order valence-corrected chi connectivity index (χ3v) is 4.19. The fourth-order valence-corrected chi connectivity index (χ4v) is 2.61. The molecule has 27 heavy (non-hydrogen) atoms. The predicted molar refractivity (Wildman–Crippen MR) is 97.5 cm³/mol. The van der Waals surface area contributed by atoms with Crippen molar-refractivity contribution in [3.8, 4) is 0 Å². The Morgan fingerprint density at radius 3 is 2.22 bits per heavy atom. The quantitative estimate of drug-likeness (QED) is 0.629. The van der Waals surface area contributed by atoms with E-state index in [0.29, 0.717) is 5.69 Å². The van der Waals surface area contributed by atoms with Crippen LogP contribution >= 0.6 is 0 Å². The number of rotatable bonds is 6. The fourth-order valence-electron chi connectivity index (χ4n) is 2.09. The number of esters is 1. The Morgan fingerprint density at radius 1 is 1.00 bits per heavy atom. The molecule has 0 saturated carbocycles. The van der Waals surface area contributed by atoms with E-state index in [-0.39, 0.29) is 22.1 Å². The van der Waals surface area contributed by atoms with Gasteiger partial charge in [-0.1, -0.05) is 12.1 Å². The van der Waals surface area contributed by atoms with E-state index in [9.17, 15) is 22.8 Å². The van der Waals surface area contributed by atoms with Crippen molar-refractivity contribution in [3.05, 3.63) is 54.1 Å². The van der Waals surface area contributed by atoms with E-state index in [1.165, 1.54) is 43.3 Å². The van der Waals surface area contributed by atoms with Gasteiger partial charge in [-0.05, 0) is 36.4 Å². The summed E-state index contributed by atoms with van der Waals surface area (Å²) >= 11 is 0. The van der Waals surface area contributed by atoms with Crippen LogP contribution in [0.15, 0.2) is 53.4 Å². The highest BCUT2D eigenvalue weighted by molar-refractivity contribution is 7.89. The molecule has 2 aromatic carbocycles. The minimum absolute atomic E-state index is 0.0958. The molecule has 142 valence electrons. The first-order valence-electron chi connectivity index (χ1n) is 7.63. The number of benzene rings is 2. The Bertz CT molecular complexity index is 970. The van der Waals surface area contributed by atoms with E-state index in [2.05, 4.69) is 10.6 Å². The molecule has 2 rings (SSSR count). The summed E-state index contributed by atoms with van der Waals surface area (Å²) in [5, 5.41) is 9.94. The van der Waals surface area contributed by atoms with E-state index in [1.807, 2.05) is 0 Å². The van der Waals surface area contributed by atoms with Gasteiger partial charge in [0.15, 0.2) is 6.61 Å². The number of sulfonamides is 1. The van der Waals surface area contributed by atoms with Crippen molar-refractivity contribution < 1.29 is 27.5 Å². The first kappa shape index (κ1) is 20.1. The zero-order chi connectivity index (χ0) is 20.0. The van der Waals surface area contributed by atoms with Gasteiger partial charge in [0.05, 0.1) is 16.1 Å². The van der Waals surface area contributed by atoms with Gasteiger partial charge in [-0.3, -0.25) is 9.59 Å². The highest BCUT2D eigenvalue weighted by Gasteiger charge is 2.15. The van der Waals surface area contributed by atoms with Crippen LogP contribution < -0.4 is 15.8 Å². The Labute approximate surface area is 155 Å². The third kappa shape index (κ3) is 5.90. The predicted octanol–water partition coefficient (Wildman–Crippen LogP) is 1.09. The summed E-state index contributed by atoms with van der Waals surface area (Å²) in [5.41, 5.74) is 0.689. The minimum atomic E-state index is -3.82. The zero-order valence-corrected chi connectivity index (χ0v) is 15.1. The first-order valence-corrected chi connectivity index (χ1v) is 9.18. The summed E-state index contributed by atoms with van der Waals surface area (Å²) < 4.78 is 27.3. The Kier molecular flexibility index (Phi) is 6.27. The van der Waals surface area contributed by atoms with Gasteiger partial charge < -0.3 is 15.4 Å². The standard InChI is InChI=1S/C17H17N3O6S/c1-11(21)19-15-5-3-2-4-14(15)17(23)26-10-16(22)20-12-6-8-13(9-7-12)27(18,24)25/h2-9H,10H2,1H3,(H,19,21)(H,20,22)(H2,18,24,25).